The zero-order valence-electron chi connectivity index (χ0n) is 21.4. The van der Waals surface area contributed by atoms with Crippen LogP contribution in [0.25, 0.3) is 0 Å². The van der Waals surface area contributed by atoms with Crippen molar-refractivity contribution in [3.63, 3.8) is 0 Å². The minimum absolute atomic E-state index is 0.00388. The smallest absolute Gasteiger partial charge is 0.458 e. The van der Waals surface area contributed by atoms with Gasteiger partial charge in [-0.25, -0.2) is 14.4 Å². The Morgan fingerprint density at radius 3 is 1.89 bits per heavy atom. The molecule has 2 N–H and O–H groups in total. The molecule has 1 aromatic carbocycles. The van der Waals surface area contributed by atoms with E-state index in [1.165, 1.54) is 18.2 Å². The van der Waals surface area contributed by atoms with E-state index in [-0.39, 0.29) is 43.7 Å². The van der Waals surface area contributed by atoms with Crippen LogP contribution < -0.4 is 15.2 Å². The van der Waals surface area contributed by atoms with Crippen LogP contribution in [0.5, 0.6) is 11.5 Å². The molecule has 0 fully saturated rings. The van der Waals surface area contributed by atoms with Crippen LogP contribution in [0.4, 0.5) is 14.4 Å². The summed E-state index contributed by atoms with van der Waals surface area (Å²) in [4.78, 5) is 47.7. The van der Waals surface area contributed by atoms with Crippen LogP contribution in [0.15, 0.2) is 18.2 Å². The van der Waals surface area contributed by atoms with Crippen molar-refractivity contribution in [1.82, 2.24) is 0 Å². The van der Waals surface area contributed by atoms with Crippen molar-refractivity contribution in [3.8, 4) is 11.5 Å². The maximum Gasteiger partial charge on any atom is 0.513 e. The lowest BCUT2D eigenvalue weighted by molar-refractivity contribution is -0.155. The summed E-state index contributed by atoms with van der Waals surface area (Å²) in [5.74, 6) is -0.816. The van der Waals surface area contributed by atoms with Crippen LogP contribution in [-0.2, 0) is 34.9 Å². The van der Waals surface area contributed by atoms with Gasteiger partial charge in [-0.15, -0.1) is 0 Å². The summed E-state index contributed by atoms with van der Waals surface area (Å²) in [5.41, 5.74) is 6.47. The highest BCUT2D eigenvalue weighted by Gasteiger charge is 2.25. The first-order valence-corrected chi connectivity index (χ1v) is 11.6. The molecule has 1 rings (SSSR count). The van der Waals surface area contributed by atoms with Crippen molar-refractivity contribution >= 4 is 24.4 Å². The molecule has 202 valence electrons. The van der Waals surface area contributed by atoms with Crippen molar-refractivity contribution in [3.05, 3.63) is 23.8 Å². The summed E-state index contributed by atoms with van der Waals surface area (Å²) < 4.78 is 35.0. The average molecular weight is 514 g/mol. The summed E-state index contributed by atoms with van der Waals surface area (Å²) >= 11 is 0. The van der Waals surface area contributed by atoms with Gasteiger partial charge < -0.3 is 38.9 Å². The highest BCUT2D eigenvalue weighted by atomic mass is 16.7. The van der Waals surface area contributed by atoms with Gasteiger partial charge in [0.1, 0.15) is 18.2 Å². The van der Waals surface area contributed by atoms with Gasteiger partial charge in [-0.2, -0.15) is 0 Å². The van der Waals surface area contributed by atoms with Crippen LogP contribution in [0.1, 0.15) is 47.1 Å². The third kappa shape index (κ3) is 11.3. The van der Waals surface area contributed by atoms with Crippen LogP contribution in [0, 0.1) is 5.92 Å². The average Bonchev–Trinajstić information content (AvgIpc) is 2.79. The zero-order chi connectivity index (χ0) is 27.3. The minimum atomic E-state index is -1.10. The molecule has 0 amide bonds. The number of nitrogens with two attached hydrogens (primary N) is 1. The van der Waals surface area contributed by atoms with E-state index in [4.69, 9.17) is 38.9 Å². The highest BCUT2D eigenvalue weighted by Crippen LogP contribution is 2.30. The molecule has 0 saturated carbocycles. The molecule has 0 bridgehead atoms. The molecule has 0 aliphatic heterocycles. The van der Waals surface area contributed by atoms with Crippen LogP contribution in [0.3, 0.4) is 0 Å². The van der Waals surface area contributed by atoms with E-state index in [2.05, 4.69) is 0 Å². The predicted molar refractivity (Wildman–Crippen MR) is 126 cm³/mol. The van der Waals surface area contributed by atoms with Gasteiger partial charge in [-0.1, -0.05) is 19.9 Å². The molecule has 12 heteroatoms. The molecule has 12 nitrogen and oxygen atoms in total. The Morgan fingerprint density at radius 2 is 1.33 bits per heavy atom. The van der Waals surface area contributed by atoms with Gasteiger partial charge in [-0.3, -0.25) is 4.79 Å². The van der Waals surface area contributed by atoms with Gasteiger partial charge in [0.25, 0.3) is 0 Å². The predicted octanol–water partition coefficient (Wildman–Crippen LogP) is 3.76. The quantitative estimate of drug-likeness (QED) is 0.245. The summed E-state index contributed by atoms with van der Waals surface area (Å²) in [6.45, 7) is 10.4. The number of benzene rings is 1. The first kappa shape index (κ1) is 30.5. The molecular formula is C24H35NO11. The summed E-state index contributed by atoms with van der Waals surface area (Å²) in [5, 5.41) is 0. The Kier molecular flexibility index (Phi) is 13.1. The van der Waals surface area contributed by atoms with E-state index in [0.717, 1.165) is 0 Å². The second-order valence-corrected chi connectivity index (χ2v) is 8.08. The number of hydrogen-bond donors (Lipinski definition) is 1. The van der Waals surface area contributed by atoms with Gasteiger partial charge in [0.15, 0.2) is 11.5 Å². The van der Waals surface area contributed by atoms with E-state index >= 15 is 0 Å². The largest absolute Gasteiger partial charge is 0.513 e. The Balaban J connectivity index is 2.81. The van der Waals surface area contributed by atoms with Crippen molar-refractivity contribution in [2.75, 3.05) is 19.8 Å². The molecule has 0 radical (unpaired) electrons. The fourth-order valence-corrected chi connectivity index (χ4v) is 2.54. The van der Waals surface area contributed by atoms with Crippen LogP contribution in [-0.4, -0.2) is 62.5 Å². The Hall–Kier alpha value is -3.54. The number of hydrogen-bond acceptors (Lipinski definition) is 12. The Bertz CT molecular complexity index is 887. The van der Waals surface area contributed by atoms with Crippen molar-refractivity contribution < 1.29 is 52.3 Å². The molecule has 3 atom stereocenters. The molecular weight excluding hydrogens is 478 g/mol. The number of ether oxygens (including phenoxy) is 7. The van der Waals surface area contributed by atoms with E-state index in [9.17, 15) is 19.2 Å². The molecule has 1 aromatic rings. The lowest BCUT2D eigenvalue weighted by atomic mass is 10.1. The maximum atomic E-state index is 12.5. The Morgan fingerprint density at radius 1 is 0.778 bits per heavy atom. The summed E-state index contributed by atoms with van der Waals surface area (Å²) in [7, 11) is 0. The maximum absolute atomic E-state index is 12.5. The van der Waals surface area contributed by atoms with Crippen molar-refractivity contribution in [2.45, 2.75) is 66.2 Å². The van der Waals surface area contributed by atoms with Crippen molar-refractivity contribution in [1.29, 1.82) is 0 Å². The van der Waals surface area contributed by atoms with Gasteiger partial charge in [0.05, 0.1) is 19.8 Å². The molecule has 0 spiro atoms. The standard InChI is InChI=1S/C24H35NO11/c1-7-30-22(27)35-19-10-9-17(12-20(19)36-23(28)31-8-2)11-18(25)21(26)33-15(5)16(6)34-24(29)32-13-14(3)4/h9-10,12,14-16,18H,7-8,11,13,25H2,1-6H3/t15-,16-,18+/m1/s1. The zero-order valence-corrected chi connectivity index (χ0v) is 21.4. The van der Waals surface area contributed by atoms with Gasteiger partial charge in [0, 0.05) is 0 Å². The molecule has 36 heavy (non-hydrogen) atoms. The van der Waals surface area contributed by atoms with E-state index in [1.54, 1.807) is 27.7 Å². The molecule has 0 aliphatic carbocycles. The lowest BCUT2D eigenvalue weighted by Gasteiger charge is -2.22. The van der Waals surface area contributed by atoms with E-state index < -0.39 is 42.7 Å². The number of carbonyl (C=O) groups is 4. The fourth-order valence-electron chi connectivity index (χ4n) is 2.54. The highest BCUT2D eigenvalue weighted by molar-refractivity contribution is 5.76. The second kappa shape index (κ2) is 15.5. The first-order valence-electron chi connectivity index (χ1n) is 11.6. The lowest BCUT2D eigenvalue weighted by Crippen LogP contribution is -2.39. The summed E-state index contributed by atoms with van der Waals surface area (Å²) in [6.07, 6.45) is -4.43. The third-order valence-corrected chi connectivity index (χ3v) is 4.46. The number of rotatable bonds is 12. The first-order chi connectivity index (χ1) is 17.0. The van der Waals surface area contributed by atoms with Gasteiger partial charge in [0.2, 0.25) is 0 Å². The van der Waals surface area contributed by atoms with Crippen molar-refractivity contribution in [2.24, 2.45) is 11.7 Å². The minimum Gasteiger partial charge on any atom is -0.458 e. The molecule has 0 heterocycles. The van der Waals surface area contributed by atoms with Crippen LogP contribution in [0.2, 0.25) is 0 Å². The third-order valence-electron chi connectivity index (χ3n) is 4.46. The molecule has 0 unspecified atom stereocenters. The second-order valence-electron chi connectivity index (χ2n) is 8.08. The van der Waals surface area contributed by atoms with Gasteiger partial charge in [-0.05, 0) is 57.7 Å². The monoisotopic (exact) mass is 513 g/mol. The number of carbonyl (C=O) groups excluding carboxylic acids is 4. The summed E-state index contributed by atoms with van der Waals surface area (Å²) in [6, 6.07) is 3.16. The molecule has 0 aromatic heterocycles. The van der Waals surface area contributed by atoms with E-state index in [1.807, 2.05) is 13.8 Å². The number of esters is 1. The van der Waals surface area contributed by atoms with Crippen LogP contribution >= 0.6 is 0 Å². The normalized spacial score (nSPS) is 13.1. The molecule has 0 saturated heterocycles. The molecule has 0 aliphatic rings. The SMILES string of the molecule is CCOC(=O)Oc1ccc(C[C@H](N)C(=O)O[C@H](C)[C@@H](C)OC(=O)OCC(C)C)cc1OC(=O)OCC. The Labute approximate surface area is 210 Å². The fraction of sp³-hybridized carbons (Fsp3) is 0.583. The van der Waals surface area contributed by atoms with Gasteiger partial charge >= 0.3 is 24.4 Å². The topological polar surface area (TPSA) is 159 Å². The van der Waals surface area contributed by atoms with E-state index in [0.29, 0.717) is 5.56 Å².